The number of hydrogen-bond acceptors (Lipinski definition) is 1. The average Bonchev–Trinajstić information content (AvgIpc) is 1.00. The van der Waals surface area contributed by atoms with Crippen molar-refractivity contribution >= 4 is 0 Å². The molecule has 0 fully saturated rings. The molecule has 0 heterocycles. The van der Waals surface area contributed by atoms with Crippen molar-refractivity contribution in [1.29, 1.82) is 0 Å². The van der Waals surface area contributed by atoms with Crippen LogP contribution < -0.4 is 0 Å². The van der Waals surface area contributed by atoms with Crippen LogP contribution in [0.15, 0.2) is 0 Å². The van der Waals surface area contributed by atoms with Crippen LogP contribution in [0.3, 0.4) is 0 Å². The molecule has 0 atom stereocenters. The second-order valence-electron chi connectivity index (χ2n) is 0. The van der Waals surface area contributed by atoms with Gasteiger partial charge in [0.05, 0.1) is 0 Å². The third kappa shape index (κ3) is 4940. The molecule has 8 heavy (non-hydrogen) atoms. The Bertz CT molecular complexity index is 4.35. The topological polar surface area (TPSA) is 206 Å². The molecule has 56 valence electrons. The summed E-state index contributed by atoms with van der Waals surface area (Å²) in [7, 11) is 0. The van der Waals surface area contributed by atoms with Gasteiger partial charge < -0.3 is 32.9 Å². The third-order valence-corrected chi connectivity index (χ3v) is 0. The van der Waals surface area contributed by atoms with Gasteiger partial charge in [-0.1, -0.05) is 0 Å². The van der Waals surface area contributed by atoms with E-state index in [1.54, 1.807) is 0 Å². The van der Waals surface area contributed by atoms with E-state index in [4.69, 9.17) is 3.57 Å². The Balaban J connectivity index is -0.000000000333. The fraction of sp³-hybridized carbons (Fsp3) is 0. The predicted molar refractivity (Wildman–Crippen MR) is 22.4 cm³/mol. The molecule has 8 heteroatoms. The SMILES string of the molecule is O.O.O.O.O.O.[O]=[Zn]. The van der Waals surface area contributed by atoms with Gasteiger partial charge in [0.15, 0.2) is 0 Å². The van der Waals surface area contributed by atoms with E-state index < -0.39 is 0 Å². The van der Waals surface area contributed by atoms with Crippen molar-refractivity contribution in [3.8, 4) is 0 Å². The fourth-order valence-electron chi connectivity index (χ4n) is 0. The van der Waals surface area contributed by atoms with Crippen LogP contribution in [0.5, 0.6) is 0 Å². The Kier molecular flexibility index (Phi) is 308000. The van der Waals surface area contributed by atoms with Crippen LogP contribution in [0.1, 0.15) is 0 Å². The normalized spacial score (nSPS) is 0.750. The first-order valence-electron chi connectivity index (χ1n) is 0.289. The van der Waals surface area contributed by atoms with Gasteiger partial charge >= 0.3 is 21.8 Å². The van der Waals surface area contributed by atoms with Gasteiger partial charge in [-0.2, -0.15) is 0 Å². The van der Waals surface area contributed by atoms with Crippen molar-refractivity contribution in [2.24, 2.45) is 0 Å². The average molecular weight is 189 g/mol. The second kappa shape index (κ2) is 8170. The first-order chi connectivity index (χ1) is 1.00. The van der Waals surface area contributed by atoms with Crippen LogP contribution in [0.25, 0.3) is 0 Å². The predicted octanol–water partition coefficient (Wildman–Crippen LogP) is -5.07. The molecule has 0 aromatic heterocycles. The molecule has 0 saturated heterocycles. The Morgan fingerprint density at radius 3 is 0.500 bits per heavy atom. The molecule has 0 aromatic carbocycles. The van der Waals surface area contributed by atoms with E-state index in [-0.39, 0.29) is 51.1 Å². The molecule has 0 spiro atoms. The van der Waals surface area contributed by atoms with Gasteiger partial charge in [0.2, 0.25) is 0 Å². The van der Waals surface area contributed by atoms with Crippen molar-refractivity contribution in [3.63, 3.8) is 0 Å². The minimum absolute atomic E-state index is 0. The molecule has 0 aromatic rings. The first-order valence-corrected chi connectivity index (χ1v) is 1.50. The Labute approximate surface area is 55.5 Å². The monoisotopic (exact) mass is 188 g/mol. The fourth-order valence-corrected chi connectivity index (χ4v) is 0. The zero-order valence-electron chi connectivity index (χ0n) is 4.12. The van der Waals surface area contributed by atoms with E-state index in [2.05, 4.69) is 0 Å². The Morgan fingerprint density at radius 1 is 0.500 bits per heavy atom. The van der Waals surface area contributed by atoms with Crippen LogP contribution in [-0.2, 0) is 21.8 Å². The van der Waals surface area contributed by atoms with Crippen molar-refractivity contribution in [3.05, 3.63) is 0 Å². The van der Waals surface area contributed by atoms with Gasteiger partial charge in [-0.15, -0.1) is 0 Å². The standard InChI is InChI=1S/6H2O.O.Zn/h6*1H2;;. The van der Waals surface area contributed by atoms with Crippen LogP contribution in [0, 0.1) is 0 Å². The summed E-state index contributed by atoms with van der Waals surface area (Å²) in [5.74, 6) is 0. The summed E-state index contributed by atoms with van der Waals surface area (Å²) in [5.41, 5.74) is 0. The summed E-state index contributed by atoms with van der Waals surface area (Å²) >= 11 is 0.125. The molecule has 0 radical (unpaired) electrons. The summed E-state index contributed by atoms with van der Waals surface area (Å²) in [6.45, 7) is 0. The van der Waals surface area contributed by atoms with Crippen molar-refractivity contribution in [2.45, 2.75) is 0 Å². The maximum atomic E-state index is 8.38. The van der Waals surface area contributed by atoms with Gasteiger partial charge in [0.25, 0.3) is 0 Å². The molecule has 0 aliphatic heterocycles. The van der Waals surface area contributed by atoms with E-state index in [9.17, 15) is 0 Å². The van der Waals surface area contributed by atoms with E-state index >= 15 is 0 Å². The van der Waals surface area contributed by atoms with Gasteiger partial charge in [-0.05, 0) is 0 Å². The molecule has 0 aliphatic rings. The molecule has 0 saturated carbocycles. The summed E-state index contributed by atoms with van der Waals surface area (Å²) < 4.78 is 8.38. The summed E-state index contributed by atoms with van der Waals surface area (Å²) in [6.07, 6.45) is 0. The van der Waals surface area contributed by atoms with Gasteiger partial charge in [-0.25, -0.2) is 0 Å². The van der Waals surface area contributed by atoms with Crippen molar-refractivity contribution in [1.82, 2.24) is 0 Å². The molecule has 0 bridgehead atoms. The molecule has 12 N–H and O–H groups in total. The maximum absolute atomic E-state index is 8.38. The van der Waals surface area contributed by atoms with E-state index in [0.29, 0.717) is 0 Å². The third-order valence-electron chi connectivity index (χ3n) is 0. The zero-order chi connectivity index (χ0) is 2.00. The summed E-state index contributed by atoms with van der Waals surface area (Å²) in [4.78, 5) is 0. The summed E-state index contributed by atoms with van der Waals surface area (Å²) in [5, 5.41) is 0. The Morgan fingerprint density at radius 2 is 0.500 bits per heavy atom. The first kappa shape index (κ1) is 302. The Hall–Kier alpha value is 0.183. The quantitative estimate of drug-likeness (QED) is 0.337. The van der Waals surface area contributed by atoms with Gasteiger partial charge in [-0.3, -0.25) is 0 Å². The van der Waals surface area contributed by atoms with Crippen molar-refractivity contribution in [2.75, 3.05) is 0 Å². The van der Waals surface area contributed by atoms with Crippen molar-refractivity contribution < 1.29 is 54.7 Å². The van der Waals surface area contributed by atoms with Gasteiger partial charge in [0.1, 0.15) is 0 Å². The number of hydrogen-bond donors (Lipinski definition) is 0. The molecule has 0 amide bonds. The zero-order valence-corrected chi connectivity index (χ0v) is 7.08. The second-order valence-corrected chi connectivity index (χ2v) is 0. The van der Waals surface area contributed by atoms with Crippen LogP contribution in [0.2, 0.25) is 0 Å². The molecule has 7 nitrogen and oxygen atoms in total. The molecule has 0 aliphatic carbocycles. The summed E-state index contributed by atoms with van der Waals surface area (Å²) in [6, 6.07) is 0. The molecule has 0 unspecified atom stereocenters. The van der Waals surface area contributed by atoms with Crippen LogP contribution in [-0.4, -0.2) is 32.9 Å². The molecular formula is H12O7Zn. The molecular weight excluding hydrogens is 177 g/mol. The van der Waals surface area contributed by atoms with Crippen LogP contribution in [0.4, 0.5) is 0 Å². The van der Waals surface area contributed by atoms with Gasteiger partial charge in [0, 0.05) is 0 Å². The van der Waals surface area contributed by atoms with E-state index in [1.165, 1.54) is 0 Å². The number of rotatable bonds is 0. The van der Waals surface area contributed by atoms with E-state index in [1.807, 2.05) is 0 Å². The van der Waals surface area contributed by atoms with E-state index in [0.717, 1.165) is 0 Å². The minimum atomic E-state index is 0. The van der Waals surface area contributed by atoms with Crippen LogP contribution >= 0.6 is 0 Å². The molecule has 0 rings (SSSR count).